The molecule has 1 aliphatic rings. The SMILES string of the molecule is CC[C@@H](C(=O)NC1CCCCC1)N(Cc1ccc(F)cc1)C(=O)CSCc1ccc(OC)cc1. The summed E-state index contributed by atoms with van der Waals surface area (Å²) in [4.78, 5) is 28.2. The summed E-state index contributed by atoms with van der Waals surface area (Å²) in [5.74, 6) is 1.24. The number of rotatable bonds is 11. The van der Waals surface area contributed by atoms with E-state index in [2.05, 4.69) is 5.32 Å². The summed E-state index contributed by atoms with van der Waals surface area (Å²) in [7, 11) is 1.63. The summed E-state index contributed by atoms with van der Waals surface area (Å²) in [6, 6.07) is 13.5. The molecule has 1 aliphatic carbocycles. The van der Waals surface area contributed by atoms with Gasteiger partial charge in [-0.3, -0.25) is 9.59 Å². The highest BCUT2D eigenvalue weighted by Gasteiger charge is 2.30. The summed E-state index contributed by atoms with van der Waals surface area (Å²) in [6.45, 7) is 2.21. The van der Waals surface area contributed by atoms with Crippen molar-refractivity contribution in [2.24, 2.45) is 0 Å². The Morgan fingerprint density at radius 1 is 1.06 bits per heavy atom. The molecule has 2 aromatic rings. The van der Waals surface area contributed by atoms with E-state index in [0.717, 1.165) is 42.6 Å². The lowest BCUT2D eigenvalue weighted by atomic mass is 9.95. The van der Waals surface area contributed by atoms with Crippen LogP contribution in [-0.2, 0) is 21.9 Å². The van der Waals surface area contributed by atoms with Gasteiger partial charge in [0.1, 0.15) is 17.6 Å². The Hall–Kier alpha value is -2.54. The van der Waals surface area contributed by atoms with Crippen LogP contribution in [0.15, 0.2) is 48.5 Å². The van der Waals surface area contributed by atoms with Crippen molar-refractivity contribution in [2.75, 3.05) is 12.9 Å². The molecule has 1 atom stereocenters. The van der Waals surface area contributed by atoms with E-state index >= 15 is 0 Å². The zero-order valence-electron chi connectivity index (χ0n) is 20.1. The Kier molecular flexibility index (Phi) is 10.3. The molecule has 1 fully saturated rings. The monoisotopic (exact) mass is 486 g/mol. The number of hydrogen-bond acceptors (Lipinski definition) is 4. The maximum Gasteiger partial charge on any atom is 0.243 e. The maximum atomic E-state index is 13.4. The molecule has 0 spiro atoms. The fourth-order valence-electron chi connectivity index (χ4n) is 4.31. The van der Waals surface area contributed by atoms with E-state index in [-0.39, 0.29) is 36.0 Å². The summed E-state index contributed by atoms with van der Waals surface area (Å²) in [5, 5.41) is 3.18. The number of halogens is 1. The molecule has 0 radical (unpaired) electrons. The number of carbonyl (C=O) groups excluding carboxylic acids is 2. The lowest BCUT2D eigenvalue weighted by Crippen LogP contribution is -2.52. The van der Waals surface area contributed by atoms with Crippen molar-refractivity contribution >= 4 is 23.6 Å². The molecule has 3 rings (SSSR count). The Labute approximate surface area is 206 Å². The predicted octanol–water partition coefficient (Wildman–Crippen LogP) is 5.32. The van der Waals surface area contributed by atoms with Gasteiger partial charge in [-0.1, -0.05) is 50.5 Å². The van der Waals surface area contributed by atoms with E-state index < -0.39 is 6.04 Å². The van der Waals surface area contributed by atoms with Crippen LogP contribution in [0, 0.1) is 5.82 Å². The third kappa shape index (κ3) is 7.76. The van der Waals surface area contributed by atoms with E-state index in [1.54, 1.807) is 24.1 Å². The minimum absolute atomic E-state index is 0.0894. The minimum Gasteiger partial charge on any atom is -0.497 e. The van der Waals surface area contributed by atoms with Crippen LogP contribution in [0.25, 0.3) is 0 Å². The Balaban J connectivity index is 1.67. The van der Waals surface area contributed by atoms with Gasteiger partial charge in [-0.15, -0.1) is 11.8 Å². The molecule has 34 heavy (non-hydrogen) atoms. The van der Waals surface area contributed by atoms with Crippen molar-refractivity contribution in [3.63, 3.8) is 0 Å². The van der Waals surface area contributed by atoms with Crippen molar-refractivity contribution in [2.45, 2.75) is 69.8 Å². The van der Waals surface area contributed by atoms with Gasteiger partial charge in [0.2, 0.25) is 11.8 Å². The lowest BCUT2D eigenvalue weighted by molar-refractivity contribution is -0.139. The molecule has 0 aliphatic heterocycles. The summed E-state index contributed by atoms with van der Waals surface area (Å²) < 4.78 is 18.6. The average Bonchev–Trinajstić information content (AvgIpc) is 2.86. The van der Waals surface area contributed by atoms with Crippen LogP contribution in [-0.4, -0.2) is 41.7 Å². The lowest BCUT2D eigenvalue weighted by Gasteiger charge is -2.32. The molecule has 7 heteroatoms. The quantitative estimate of drug-likeness (QED) is 0.467. The predicted molar refractivity (Wildman–Crippen MR) is 135 cm³/mol. The number of nitrogens with one attached hydrogen (secondary N) is 1. The minimum atomic E-state index is -0.555. The van der Waals surface area contributed by atoms with Gasteiger partial charge in [0.15, 0.2) is 0 Å². The number of nitrogens with zero attached hydrogens (tertiary/aromatic N) is 1. The molecule has 0 saturated heterocycles. The molecule has 1 saturated carbocycles. The maximum absolute atomic E-state index is 13.4. The number of methoxy groups -OCH3 is 1. The van der Waals surface area contributed by atoms with Crippen LogP contribution in [0.2, 0.25) is 0 Å². The molecule has 2 amide bonds. The first kappa shape index (κ1) is 26.1. The third-order valence-electron chi connectivity index (χ3n) is 6.26. The molecule has 184 valence electrons. The first-order chi connectivity index (χ1) is 16.5. The fraction of sp³-hybridized carbons (Fsp3) is 0.481. The largest absolute Gasteiger partial charge is 0.497 e. The van der Waals surface area contributed by atoms with E-state index in [1.807, 2.05) is 31.2 Å². The van der Waals surface area contributed by atoms with Crippen LogP contribution in [0.4, 0.5) is 4.39 Å². The van der Waals surface area contributed by atoms with Crippen molar-refractivity contribution in [3.8, 4) is 5.75 Å². The number of benzene rings is 2. The van der Waals surface area contributed by atoms with Gasteiger partial charge < -0.3 is 15.0 Å². The van der Waals surface area contributed by atoms with Crippen molar-refractivity contribution < 1.29 is 18.7 Å². The zero-order valence-corrected chi connectivity index (χ0v) is 20.9. The van der Waals surface area contributed by atoms with Gasteiger partial charge in [-0.05, 0) is 54.7 Å². The van der Waals surface area contributed by atoms with Crippen LogP contribution in [0.5, 0.6) is 5.75 Å². The van der Waals surface area contributed by atoms with Crippen LogP contribution >= 0.6 is 11.8 Å². The van der Waals surface area contributed by atoms with Crippen molar-refractivity contribution in [3.05, 3.63) is 65.5 Å². The molecule has 2 aromatic carbocycles. The van der Waals surface area contributed by atoms with Crippen molar-refractivity contribution in [1.82, 2.24) is 10.2 Å². The van der Waals surface area contributed by atoms with Crippen LogP contribution in [0.3, 0.4) is 0 Å². The molecule has 5 nitrogen and oxygen atoms in total. The summed E-state index contributed by atoms with van der Waals surface area (Å²) in [6.07, 6.45) is 5.97. The number of ether oxygens (including phenoxy) is 1. The smallest absolute Gasteiger partial charge is 0.243 e. The molecule has 0 aromatic heterocycles. The van der Waals surface area contributed by atoms with Gasteiger partial charge in [-0.25, -0.2) is 4.39 Å². The summed E-state index contributed by atoms with van der Waals surface area (Å²) >= 11 is 1.52. The Bertz CT molecular complexity index is 914. The zero-order chi connectivity index (χ0) is 24.3. The van der Waals surface area contributed by atoms with E-state index in [0.29, 0.717) is 12.2 Å². The number of hydrogen-bond donors (Lipinski definition) is 1. The van der Waals surface area contributed by atoms with E-state index in [9.17, 15) is 14.0 Å². The molecule has 0 heterocycles. The van der Waals surface area contributed by atoms with E-state index in [4.69, 9.17) is 4.74 Å². The van der Waals surface area contributed by atoms with Gasteiger partial charge >= 0.3 is 0 Å². The third-order valence-corrected chi connectivity index (χ3v) is 7.25. The average molecular weight is 487 g/mol. The molecular weight excluding hydrogens is 451 g/mol. The summed E-state index contributed by atoms with van der Waals surface area (Å²) in [5.41, 5.74) is 1.91. The van der Waals surface area contributed by atoms with Gasteiger partial charge in [-0.2, -0.15) is 0 Å². The molecular formula is C27H35FN2O3S. The van der Waals surface area contributed by atoms with Gasteiger partial charge in [0.05, 0.1) is 12.9 Å². The normalized spacial score (nSPS) is 14.9. The highest BCUT2D eigenvalue weighted by molar-refractivity contribution is 7.99. The van der Waals surface area contributed by atoms with E-state index in [1.165, 1.54) is 30.3 Å². The van der Waals surface area contributed by atoms with Gasteiger partial charge in [0.25, 0.3) is 0 Å². The molecule has 0 unspecified atom stereocenters. The highest BCUT2D eigenvalue weighted by Crippen LogP contribution is 2.21. The molecule has 0 bridgehead atoms. The van der Waals surface area contributed by atoms with Crippen LogP contribution < -0.4 is 10.1 Å². The second-order valence-electron chi connectivity index (χ2n) is 8.76. The van der Waals surface area contributed by atoms with Crippen molar-refractivity contribution in [1.29, 1.82) is 0 Å². The highest BCUT2D eigenvalue weighted by atomic mass is 32.2. The number of amides is 2. The van der Waals surface area contributed by atoms with Crippen LogP contribution in [0.1, 0.15) is 56.6 Å². The fourth-order valence-corrected chi connectivity index (χ4v) is 5.18. The standard InChI is InChI=1S/C27H35FN2O3S/c1-3-25(27(32)29-23-7-5-4-6-8-23)30(17-20-9-13-22(28)14-10-20)26(31)19-34-18-21-11-15-24(33-2)16-12-21/h9-16,23,25H,3-8,17-19H2,1-2H3,(H,29,32)/t25-/m0/s1. The second kappa shape index (κ2) is 13.4. The first-order valence-corrected chi connectivity index (χ1v) is 13.2. The second-order valence-corrected chi connectivity index (χ2v) is 9.74. The first-order valence-electron chi connectivity index (χ1n) is 12.0. The Morgan fingerprint density at radius 3 is 2.32 bits per heavy atom. The van der Waals surface area contributed by atoms with Gasteiger partial charge in [0, 0.05) is 18.3 Å². The molecule has 1 N–H and O–H groups in total. The number of thioether (sulfide) groups is 1. The Morgan fingerprint density at radius 2 is 1.71 bits per heavy atom. The topological polar surface area (TPSA) is 58.6 Å². The number of carbonyl (C=O) groups is 2.